The van der Waals surface area contributed by atoms with Crippen LogP contribution in [-0.2, 0) is 4.79 Å². The quantitative estimate of drug-likeness (QED) is 0.762. The van der Waals surface area contributed by atoms with Crippen molar-refractivity contribution in [2.45, 2.75) is 31.7 Å². The van der Waals surface area contributed by atoms with E-state index in [0.717, 1.165) is 16.4 Å². The summed E-state index contributed by atoms with van der Waals surface area (Å²) in [5, 5.41) is 19.3. The predicted octanol–water partition coefficient (Wildman–Crippen LogP) is 2.47. The van der Waals surface area contributed by atoms with Gasteiger partial charge in [-0.05, 0) is 67.0 Å². The van der Waals surface area contributed by atoms with Crippen LogP contribution in [-0.4, -0.2) is 39.1 Å². The highest BCUT2D eigenvalue weighted by Gasteiger charge is 2.44. The van der Waals surface area contributed by atoms with Gasteiger partial charge < -0.3 is 15.1 Å². The maximum absolute atomic E-state index is 12.6. The molecule has 1 unspecified atom stereocenters. The number of aliphatic carboxylic acids is 1. The van der Waals surface area contributed by atoms with E-state index in [4.69, 9.17) is 0 Å². The molecule has 2 rings (SSSR count). The van der Waals surface area contributed by atoms with E-state index in [1.807, 2.05) is 0 Å². The number of carboxylic acid groups (broad SMARTS) is 1. The van der Waals surface area contributed by atoms with E-state index in [2.05, 4.69) is 22.6 Å². The van der Waals surface area contributed by atoms with Gasteiger partial charge in [0.15, 0.2) is 0 Å². The lowest BCUT2D eigenvalue weighted by molar-refractivity contribution is -0.150. The molecule has 6 heteroatoms. The Morgan fingerprint density at radius 2 is 2.05 bits per heavy atom. The van der Waals surface area contributed by atoms with E-state index in [1.54, 1.807) is 19.1 Å². The second-order valence-corrected chi connectivity index (χ2v) is 6.40. The van der Waals surface area contributed by atoms with Crippen molar-refractivity contribution in [1.29, 1.82) is 0 Å². The fourth-order valence-electron chi connectivity index (χ4n) is 2.49. The highest BCUT2D eigenvalue weighted by molar-refractivity contribution is 14.1. The third kappa shape index (κ3) is 2.61. The average molecular weight is 389 g/mol. The summed E-state index contributed by atoms with van der Waals surface area (Å²) in [5.41, 5.74) is -1.05. The number of carbonyl (C=O) groups excluding carboxylic acids is 1. The van der Waals surface area contributed by atoms with Crippen molar-refractivity contribution in [3.63, 3.8) is 0 Å². The topological polar surface area (TPSA) is 77.8 Å². The fraction of sp³-hybridized carbons (Fsp3) is 0.429. The molecule has 1 aliphatic rings. The van der Waals surface area contributed by atoms with Gasteiger partial charge in [-0.2, -0.15) is 0 Å². The van der Waals surface area contributed by atoms with Crippen molar-refractivity contribution in [2.75, 3.05) is 6.54 Å². The predicted molar refractivity (Wildman–Crippen MR) is 81.8 cm³/mol. The lowest BCUT2D eigenvalue weighted by Crippen LogP contribution is -2.57. The number of carboxylic acids is 1. The molecule has 1 atom stereocenters. The molecular formula is C14H16INO4. The number of piperidine rings is 1. The first-order valence-electron chi connectivity index (χ1n) is 6.40. The third-order valence-corrected chi connectivity index (χ3v) is 4.46. The Balaban J connectivity index is 2.40. The summed E-state index contributed by atoms with van der Waals surface area (Å²) >= 11 is 2.05. The van der Waals surface area contributed by atoms with Gasteiger partial charge in [-0.1, -0.05) is 0 Å². The number of phenolic OH excluding ortho intramolecular Hbond substituents is 1. The number of aromatic hydroxyl groups is 1. The molecule has 1 amide bonds. The Labute approximate surface area is 130 Å². The lowest BCUT2D eigenvalue weighted by Gasteiger charge is -2.41. The second kappa shape index (κ2) is 5.59. The van der Waals surface area contributed by atoms with Crippen molar-refractivity contribution < 1.29 is 19.8 Å². The second-order valence-electron chi connectivity index (χ2n) is 5.15. The van der Waals surface area contributed by atoms with Gasteiger partial charge in [-0.25, -0.2) is 4.79 Å². The van der Waals surface area contributed by atoms with Gasteiger partial charge in [0.2, 0.25) is 0 Å². The molecule has 1 aromatic rings. The van der Waals surface area contributed by atoms with Gasteiger partial charge in [-0.3, -0.25) is 4.79 Å². The molecule has 108 valence electrons. The van der Waals surface area contributed by atoms with Crippen LogP contribution in [0.3, 0.4) is 0 Å². The first kappa shape index (κ1) is 15.1. The summed E-state index contributed by atoms with van der Waals surface area (Å²) in [6.07, 6.45) is 1.99. The van der Waals surface area contributed by atoms with Gasteiger partial charge in [0.25, 0.3) is 5.91 Å². The van der Waals surface area contributed by atoms with Gasteiger partial charge in [0, 0.05) is 10.1 Å². The zero-order valence-electron chi connectivity index (χ0n) is 11.1. The van der Waals surface area contributed by atoms with Gasteiger partial charge >= 0.3 is 5.97 Å². The number of likely N-dealkylation sites (tertiary alicyclic amines) is 1. The number of nitrogens with zero attached hydrogens (tertiary/aromatic N) is 1. The monoisotopic (exact) mass is 389 g/mol. The molecule has 5 nitrogen and oxygen atoms in total. The van der Waals surface area contributed by atoms with Crippen LogP contribution in [0.1, 0.15) is 36.5 Å². The van der Waals surface area contributed by atoms with Crippen LogP contribution >= 0.6 is 22.6 Å². The SMILES string of the molecule is CC1(C(=O)O)CCCCN1C(=O)c1cc(I)ccc1O. The number of amides is 1. The molecule has 1 aromatic carbocycles. The maximum atomic E-state index is 12.6. The first-order chi connectivity index (χ1) is 9.36. The number of hydrogen-bond donors (Lipinski definition) is 2. The van der Waals surface area contributed by atoms with Gasteiger partial charge in [-0.15, -0.1) is 0 Å². The Morgan fingerprint density at radius 1 is 1.35 bits per heavy atom. The van der Waals surface area contributed by atoms with Crippen molar-refractivity contribution in [3.05, 3.63) is 27.3 Å². The van der Waals surface area contributed by atoms with Crippen LogP contribution in [0.5, 0.6) is 5.75 Å². The maximum Gasteiger partial charge on any atom is 0.329 e. The van der Waals surface area contributed by atoms with E-state index in [1.165, 1.54) is 11.0 Å². The number of halogens is 1. The molecule has 0 bridgehead atoms. The van der Waals surface area contributed by atoms with Crippen molar-refractivity contribution in [3.8, 4) is 5.75 Å². The Kier molecular flexibility index (Phi) is 4.22. The Morgan fingerprint density at radius 3 is 2.70 bits per heavy atom. The molecule has 0 spiro atoms. The number of benzene rings is 1. The van der Waals surface area contributed by atoms with E-state index < -0.39 is 17.4 Å². The molecule has 2 N–H and O–H groups in total. The summed E-state index contributed by atoms with van der Waals surface area (Å²) in [5.74, 6) is -1.55. The largest absolute Gasteiger partial charge is 0.507 e. The molecule has 1 saturated heterocycles. The number of phenols is 1. The molecule has 0 aliphatic carbocycles. The van der Waals surface area contributed by atoms with Crippen LogP contribution in [0.25, 0.3) is 0 Å². The Bertz CT molecular complexity index is 560. The first-order valence-corrected chi connectivity index (χ1v) is 7.48. The summed E-state index contributed by atoms with van der Waals surface area (Å²) in [7, 11) is 0. The highest BCUT2D eigenvalue weighted by Crippen LogP contribution is 2.32. The number of hydrogen-bond acceptors (Lipinski definition) is 3. The summed E-state index contributed by atoms with van der Waals surface area (Å²) < 4.78 is 0.817. The molecule has 20 heavy (non-hydrogen) atoms. The van der Waals surface area contributed by atoms with Crippen LogP contribution in [0.2, 0.25) is 0 Å². The summed E-state index contributed by atoms with van der Waals surface area (Å²) in [6.45, 7) is 1.96. The van der Waals surface area contributed by atoms with E-state index in [9.17, 15) is 19.8 Å². The van der Waals surface area contributed by atoms with Crippen LogP contribution in [0.15, 0.2) is 18.2 Å². The summed E-state index contributed by atoms with van der Waals surface area (Å²) in [4.78, 5) is 25.5. The zero-order valence-corrected chi connectivity index (χ0v) is 13.3. The summed E-state index contributed by atoms with van der Waals surface area (Å²) in [6, 6.07) is 4.73. The van der Waals surface area contributed by atoms with E-state index in [-0.39, 0.29) is 11.3 Å². The molecule has 1 heterocycles. The zero-order chi connectivity index (χ0) is 14.9. The van der Waals surface area contributed by atoms with Crippen LogP contribution < -0.4 is 0 Å². The normalized spacial score (nSPS) is 22.6. The van der Waals surface area contributed by atoms with Crippen molar-refractivity contribution in [2.24, 2.45) is 0 Å². The molecular weight excluding hydrogens is 373 g/mol. The third-order valence-electron chi connectivity index (χ3n) is 3.79. The van der Waals surface area contributed by atoms with Gasteiger partial charge in [0.05, 0.1) is 5.56 Å². The highest BCUT2D eigenvalue weighted by atomic mass is 127. The van der Waals surface area contributed by atoms with Gasteiger partial charge in [0.1, 0.15) is 11.3 Å². The minimum Gasteiger partial charge on any atom is -0.507 e. The molecule has 0 aromatic heterocycles. The number of carbonyl (C=O) groups is 2. The van der Waals surface area contributed by atoms with E-state index in [0.29, 0.717) is 13.0 Å². The van der Waals surface area contributed by atoms with Crippen LogP contribution in [0.4, 0.5) is 0 Å². The standard InChI is InChI=1S/C14H16INO4/c1-14(13(19)20)6-2-3-7-16(14)12(18)10-8-9(15)4-5-11(10)17/h4-5,8,17H,2-3,6-7H2,1H3,(H,19,20). The van der Waals surface area contributed by atoms with E-state index >= 15 is 0 Å². The average Bonchev–Trinajstić information content (AvgIpc) is 2.41. The minimum absolute atomic E-state index is 0.117. The smallest absolute Gasteiger partial charge is 0.329 e. The van der Waals surface area contributed by atoms with Crippen molar-refractivity contribution in [1.82, 2.24) is 4.90 Å². The van der Waals surface area contributed by atoms with Crippen molar-refractivity contribution >= 4 is 34.5 Å². The molecule has 0 radical (unpaired) electrons. The molecule has 1 aliphatic heterocycles. The molecule has 0 saturated carbocycles. The fourth-order valence-corrected chi connectivity index (χ4v) is 2.99. The Hall–Kier alpha value is -1.31. The minimum atomic E-state index is -1.21. The number of rotatable bonds is 2. The van der Waals surface area contributed by atoms with Crippen LogP contribution in [0, 0.1) is 3.57 Å². The molecule has 1 fully saturated rings. The lowest BCUT2D eigenvalue weighted by atomic mass is 9.87.